The zero-order valence-electron chi connectivity index (χ0n) is 16.9. The molecule has 0 saturated heterocycles. The number of nitro benzene ring substituents is 1. The number of rotatable bonds is 7. The lowest BCUT2D eigenvalue weighted by Gasteiger charge is -2.06. The highest BCUT2D eigenvalue weighted by Gasteiger charge is 2.25. The Hall–Kier alpha value is -4.56. The number of nitriles is 1. The van der Waals surface area contributed by atoms with Gasteiger partial charge in [0, 0.05) is 24.8 Å². The van der Waals surface area contributed by atoms with Gasteiger partial charge in [0.05, 0.1) is 22.0 Å². The molecule has 0 spiro atoms. The van der Waals surface area contributed by atoms with E-state index in [1.807, 2.05) is 0 Å². The first kappa shape index (κ1) is 22.1. The molecule has 0 aliphatic rings. The molecule has 3 rings (SSSR count). The van der Waals surface area contributed by atoms with Crippen LogP contribution >= 0.6 is 0 Å². The largest absolute Gasteiger partial charge is 0.457 e. The molecule has 162 valence electrons. The molecule has 0 aliphatic heterocycles. The summed E-state index contributed by atoms with van der Waals surface area (Å²) >= 11 is 0. The number of aromatic amines is 1. The molecule has 32 heavy (non-hydrogen) atoms. The third-order valence-corrected chi connectivity index (χ3v) is 4.64. The van der Waals surface area contributed by atoms with Crippen molar-refractivity contribution < 1.29 is 19.0 Å². The monoisotopic (exact) mass is 436 g/mol. The van der Waals surface area contributed by atoms with Crippen molar-refractivity contribution in [2.75, 3.05) is 7.11 Å². The van der Waals surface area contributed by atoms with Crippen LogP contribution in [-0.4, -0.2) is 21.9 Å². The summed E-state index contributed by atoms with van der Waals surface area (Å²) < 4.78 is 10.6. The Morgan fingerprint density at radius 3 is 2.56 bits per heavy atom. The lowest BCUT2D eigenvalue weighted by Crippen LogP contribution is -2.18. The average Bonchev–Trinajstić information content (AvgIpc) is 3.21. The maximum Gasteiger partial charge on any atom is 0.299 e. The summed E-state index contributed by atoms with van der Waals surface area (Å²) in [6, 6.07) is 9.24. The zero-order valence-corrected chi connectivity index (χ0v) is 16.9. The number of hydrogen-bond donors (Lipinski definition) is 1. The van der Waals surface area contributed by atoms with Gasteiger partial charge in [0.1, 0.15) is 28.8 Å². The van der Waals surface area contributed by atoms with Crippen LogP contribution in [0, 0.1) is 38.5 Å². The van der Waals surface area contributed by atoms with E-state index in [4.69, 9.17) is 9.15 Å². The molecule has 0 fully saturated rings. The molecule has 1 aromatic carbocycles. The molecule has 0 unspecified atom stereocenters. The van der Waals surface area contributed by atoms with Crippen LogP contribution < -0.4 is 5.56 Å². The van der Waals surface area contributed by atoms with Gasteiger partial charge in [-0.2, -0.15) is 5.26 Å². The molecule has 0 atom stereocenters. The second-order valence-electron chi connectivity index (χ2n) is 6.66. The minimum Gasteiger partial charge on any atom is -0.457 e. The van der Waals surface area contributed by atoms with Gasteiger partial charge in [0.15, 0.2) is 0 Å². The highest BCUT2D eigenvalue weighted by atomic mass is 16.6. The Bertz CT molecular complexity index is 1350. The van der Waals surface area contributed by atoms with E-state index in [1.165, 1.54) is 31.4 Å². The first-order valence-corrected chi connectivity index (χ1v) is 9.12. The van der Waals surface area contributed by atoms with Gasteiger partial charge in [-0.15, -0.1) is 0 Å². The van der Waals surface area contributed by atoms with E-state index in [2.05, 4.69) is 4.98 Å². The molecule has 2 aromatic heterocycles. The molecule has 11 heteroatoms. The van der Waals surface area contributed by atoms with Crippen molar-refractivity contribution in [2.45, 2.75) is 13.5 Å². The maximum absolute atomic E-state index is 12.2. The number of H-pyrrole nitrogens is 1. The van der Waals surface area contributed by atoms with Crippen molar-refractivity contribution in [3.63, 3.8) is 0 Å². The van der Waals surface area contributed by atoms with Crippen molar-refractivity contribution in [3.05, 3.63) is 89.1 Å². The predicted molar refractivity (Wildman–Crippen MR) is 114 cm³/mol. The fraction of sp³-hybridized carbons (Fsp3) is 0.143. The van der Waals surface area contributed by atoms with Crippen molar-refractivity contribution in [1.29, 1.82) is 5.26 Å². The third-order valence-electron chi connectivity index (χ3n) is 4.64. The number of methoxy groups -OCH3 is 1. The summed E-state index contributed by atoms with van der Waals surface area (Å²) in [5.41, 5.74) is -0.688. The fourth-order valence-electron chi connectivity index (χ4n) is 3.14. The average molecular weight is 436 g/mol. The van der Waals surface area contributed by atoms with Crippen molar-refractivity contribution in [1.82, 2.24) is 4.98 Å². The van der Waals surface area contributed by atoms with E-state index in [9.17, 15) is 30.3 Å². The predicted octanol–water partition coefficient (Wildman–Crippen LogP) is 3.95. The van der Waals surface area contributed by atoms with Gasteiger partial charge in [-0.25, -0.2) is 0 Å². The lowest BCUT2D eigenvalue weighted by molar-refractivity contribution is -0.386. The van der Waals surface area contributed by atoms with Crippen LogP contribution in [-0.2, 0) is 11.3 Å². The van der Waals surface area contributed by atoms with Crippen LogP contribution in [0.5, 0.6) is 0 Å². The topological polar surface area (TPSA) is 165 Å². The number of benzene rings is 1. The standard InChI is InChI=1S/C21H16N4O7/c1-12-3-4-13(24(27)28)9-15(12)19-8-6-14(32-19)5-7-18-20(25(29)30)17(11-31-2)16(10-22)21(26)23-18/h3-9H,11H2,1-2H3,(H,23,26). The minimum atomic E-state index is -0.780. The molecule has 0 radical (unpaired) electrons. The number of hydrogen-bond acceptors (Lipinski definition) is 8. The SMILES string of the molecule is COCc1c([N+](=O)[O-])c(C=Cc2ccc(-c3cc([N+](=O)[O-])ccc3C)o2)[nH]c(=O)c1C#N. The first-order valence-electron chi connectivity index (χ1n) is 9.12. The van der Waals surface area contributed by atoms with Crippen LogP contribution in [0.2, 0.25) is 0 Å². The summed E-state index contributed by atoms with van der Waals surface area (Å²) in [4.78, 5) is 36.0. The van der Waals surface area contributed by atoms with Gasteiger partial charge in [0.2, 0.25) is 0 Å². The fourth-order valence-corrected chi connectivity index (χ4v) is 3.14. The molecule has 2 heterocycles. The number of aryl methyl sites for hydroxylation is 1. The molecule has 0 bridgehead atoms. The normalized spacial score (nSPS) is 10.9. The van der Waals surface area contributed by atoms with Crippen LogP contribution in [0.15, 0.2) is 39.5 Å². The Balaban J connectivity index is 2.04. The highest BCUT2D eigenvalue weighted by molar-refractivity contribution is 5.74. The van der Waals surface area contributed by atoms with Crippen LogP contribution in [0.3, 0.4) is 0 Å². The summed E-state index contributed by atoms with van der Waals surface area (Å²) in [6.45, 7) is 1.49. The number of aromatic nitrogens is 1. The molecule has 0 amide bonds. The van der Waals surface area contributed by atoms with Crippen molar-refractivity contribution in [3.8, 4) is 17.4 Å². The Labute approximate surface area is 180 Å². The van der Waals surface area contributed by atoms with Gasteiger partial charge >= 0.3 is 0 Å². The van der Waals surface area contributed by atoms with E-state index < -0.39 is 26.7 Å². The van der Waals surface area contributed by atoms with E-state index in [1.54, 1.807) is 31.2 Å². The van der Waals surface area contributed by atoms with Crippen molar-refractivity contribution in [2.24, 2.45) is 0 Å². The summed E-state index contributed by atoms with van der Waals surface area (Å²) in [5.74, 6) is 0.660. The second kappa shape index (κ2) is 9.07. The van der Waals surface area contributed by atoms with Gasteiger partial charge < -0.3 is 14.1 Å². The van der Waals surface area contributed by atoms with Gasteiger partial charge in [-0.05, 0) is 36.8 Å². The maximum atomic E-state index is 12.2. The molecule has 3 aromatic rings. The minimum absolute atomic E-state index is 0.0875. The van der Waals surface area contributed by atoms with Gasteiger partial charge in [-0.1, -0.05) is 6.07 Å². The van der Waals surface area contributed by atoms with Crippen LogP contribution in [0.1, 0.15) is 28.1 Å². The number of nitro groups is 2. The third kappa shape index (κ3) is 4.30. The van der Waals surface area contributed by atoms with E-state index in [0.29, 0.717) is 17.1 Å². The molecular weight excluding hydrogens is 420 g/mol. The van der Waals surface area contributed by atoms with Crippen LogP contribution in [0.4, 0.5) is 11.4 Å². The van der Waals surface area contributed by atoms with E-state index in [-0.39, 0.29) is 23.6 Å². The number of nitrogens with one attached hydrogen (secondary N) is 1. The summed E-state index contributed by atoms with van der Waals surface area (Å²) in [5, 5.41) is 31.9. The Morgan fingerprint density at radius 2 is 1.94 bits per heavy atom. The Kier molecular flexibility index (Phi) is 6.27. The Morgan fingerprint density at radius 1 is 1.19 bits per heavy atom. The number of non-ortho nitro benzene ring substituents is 1. The van der Waals surface area contributed by atoms with Gasteiger partial charge in [-0.3, -0.25) is 25.0 Å². The van der Waals surface area contributed by atoms with E-state index >= 15 is 0 Å². The smallest absolute Gasteiger partial charge is 0.299 e. The quantitative estimate of drug-likeness (QED) is 0.429. The first-order chi connectivity index (χ1) is 15.3. The highest BCUT2D eigenvalue weighted by Crippen LogP contribution is 2.30. The molecule has 0 aliphatic carbocycles. The summed E-state index contributed by atoms with van der Waals surface area (Å²) in [6.07, 6.45) is 2.68. The van der Waals surface area contributed by atoms with Crippen LogP contribution in [0.25, 0.3) is 23.5 Å². The number of nitrogens with zero attached hydrogens (tertiary/aromatic N) is 3. The van der Waals surface area contributed by atoms with E-state index in [0.717, 1.165) is 5.56 Å². The molecule has 0 saturated carbocycles. The molecule has 11 nitrogen and oxygen atoms in total. The lowest BCUT2D eigenvalue weighted by atomic mass is 10.1. The van der Waals surface area contributed by atoms with Crippen molar-refractivity contribution >= 4 is 23.5 Å². The number of furan rings is 1. The number of pyridine rings is 1. The molecular formula is C21H16N4O7. The zero-order chi connectivity index (χ0) is 23.4. The summed E-state index contributed by atoms with van der Waals surface area (Å²) in [7, 11) is 1.29. The van der Waals surface area contributed by atoms with Gasteiger partial charge in [0.25, 0.3) is 16.9 Å². The second-order valence-corrected chi connectivity index (χ2v) is 6.66. The number of ether oxygens (including phenoxy) is 1. The molecule has 1 N–H and O–H groups in total.